The van der Waals surface area contributed by atoms with Gasteiger partial charge in [0.05, 0.1) is 17.5 Å². The van der Waals surface area contributed by atoms with Gasteiger partial charge in [-0.2, -0.15) is 5.10 Å². The van der Waals surface area contributed by atoms with Gasteiger partial charge in [-0.25, -0.2) is 14.2 Å². The summed E-state index contributed by atoms with van der Waals surface area (Å²) in [4.78, 5) is 35.2. The van der Waals surface area contributed by atoms with Gasteiger partial charge >= 0.3 is 0 Å². The number of nitrogens with zero attached hydrogens (tertiary/aromatic N) is 6. The Bertz CT molecular complexity index is 1850. The third-order valence-corrected chi connectivity index (χ3v) is 8.80. The number of rotatable bonds is 5. The van der Waals surface area contributed by atoms with Gasteiger partial charge in [-0.15, -0.1) is 0 Å². The van der Waals surface area contributed by atoms with Crippen molar-refractivity contribution in [2.75, 3.05) is 5.73 Å². The lowest BCUT2D eigenvalue weighted by Gasteiger charge is -2.26. The SMILES string of the molecule is NC(=O)c1c2n(n(-c3ccccc3)c1=O)CCCC2c1ccc(-c2cc(C3CCC(O)CC3)n3ncnc(N)c23)cn1. The summed E-state index contributed by atoms with van der Waals surface area (Å²) in [5.41, 5.74) is 17.3. The van der Waals surface area contributed by atoms with Crippen LogP contribution in [0.4, 0.5) is 5.82 Å². The number of carbonyl (C=O) groups is 1. The highest BCUT2D eigenvalue weighted by Gasteiger charge is 2.34. The Hall–Kier alpha value is -4.77. The molecule has 0 radical (unpaired) electrons. The van der Waals surface area contributed by atoms with Gasteiger partial charge in [0, 0.05) is 47.1 Å². The van der Waals surface area contributed by atoms with Crippen LogP contribution in [0.2, 0.25) is 0 Å². The number of anilines is 1. The van der Waals surface area contributed by atoms with E-state index in [1.54, 1.807) is 10.9 Å². The van der Waals surface area contributed by atoms with Gasteiger partial charge in [0.2, 0.25) is 0 Å². The van der Waals surface area contributed by atoms with Crippen LogP contribution in [0, 0.1) is 0 Å². The topological polar surface area (TPSA) is 159 Å². The van der Waals surface area contributed by atoms with Gasteiger partial charge in [-0.1, -0.05) is 24.3 Å². The minimum absolute atomic E-state index is 0.0139. The molecule has 42 heavy (non-hydrogen) atoms. The quantitative estimate of drug-likeness (QED) is 0.295. The van der Waals surface area contributed by atoms with E-state index in [-0.39, 0.29) is 23.5 Å². The summed E-state index contributed by atoms with van der Waals surface area (Å²) in [7, 11) is 0. The zero-order valence-electron chi connectivity index (χ0n) is 23.1. The number of aliphatic hydroxyl groups is 1. The molecule has 0 spiro atoms. The van der Waals surface area contributed by atoms with Crippen molar-refractivity contribution in [2.24, 2.45) is 5.73 Å². The average molecular weight is 565 g/mol. The van der Waals surface area contributed by atoms with Crippen LogP contribution >= 0.6 is 0 Å². The normalized spacial score (nSPS) is 20.5. The zero-order valence-corrected chi connectivity index (χ0v) is 23.1. The van der Waals surface area contributed by atoms with Crippen LogP contribution < -0.4 is 17.0 Å². The molecule has 5 heterocycles. The largest absolute Gasteiger partial charge is 0.393 e. The molecule has 1 saturated carbocycles. The highest BCUT2D eigenvalue weighted by atomic mass is 16.3. The number of carbonyl (C=O) groups excluding carboxylic acids is 1. The van der Waals surface area contributed by atoms with Crippen molar-refractivity contribution in [1.82, 2.24) is 28.9 Å². The maximum atomic E-state index is 13.5. The molecule has 1 amide bonds. The second-order valence-corrected chi connectivity index (χ2v) is 11.3. The van der Waals surface area contributed by atoms with Gasteiger partial charge in [-0.05, 0) is 62.8 Å². The van der Waals surface area contributed by atoms with Crippen molar-refractivity contribution in [2.45, 2.75) is 63.0 Å². The van der Waals surface area contributed by atoms with E-state index in [4.69, 9.17) is 16.5 Å². The minimum Gasteiger partial charge on any atom is -0.393 e. The molecular formula is C31H32N8O3. The second kappa shape index (κ2) is 10.3. The first-order chi connectivity index (χ1) is 20.4. The Labute approximate surface area is 241 Å². The molecule has 2 aliphatic rings. The number of fused-ring (bicyclic) bond motifs is 2. The lowest BCUT2D eigenvalue weighted by molar-refractivity contribution is 0.0997. The van der Waals surface area contributed by atoms with Crippen LogP contribution in [-0.2, 0) is 6.54 Å². The first-order valence-electron chi connectivity index (χ1n) is 14.4. The molecule has 1 atom stereocenters. The number of hydrogen-bond donors (Lipinski definition) is 3. The zero-order chi connectivity index (χ0) is 29.0. The Morgan fingerprint density at radius 2 is 1.79 bits per heavy atom. The minimum atomic E-state index is -0.736. The summed E-state index contributed by atoms with van der Waals surface area (Å²) < 4.78 is 5.31. The van der Waals surface area contributed by atoms with Crippen LogP contribution in [0.1, 0.15) is 77.8 Å². The molecule has 4 aromatic heterocycles. The molecule has 214 valence electrons. The van der Waals surface area contributed by atoms with E-state index in [1.165, 1.54) is 6.33 Å². The van der Waals surface area contributed by atoms with E-state index in [0.29, 0.717) is 23.7 Å². The molecule has 1 aliphatic heterocycles. The third-order valence-electron chi connectivity index (χ3n) is 8.80. The molecule has 5 aromatic rings. The molecule has 1 unspecified atom stereocenters. The highest BCUT2D eigenvalue weighted by Crippen LogP contribution is 2.40. The van der Waals surface area contributed by atoms with Crippen molar-refractivity contribution in [3.8, 4) is 16.8 Å². The molecule has 11 heteroatoms. The Balaban J connectivity index is 1.30. The summed E-state index contributed by atoms with van der Waals surface area (Å²) in [6, 6.07) is 15.3. The summed E-state index contributed by atoms with van der Waals surface area (Å²) >= 11 is 0. The molecule has 5 N–H and O–H groups in total. The Morgan fingerprint density at radius 3 is 2.50 bits per heavy atom. The number of nitrogen functional groups attached to an aromatic ring is 1. The summed E-state index contributed by atoms with van der Waals surface area (Å²) in [5, 5.41) is 14.5. The standard InChI is InChI=1S/C31H32N8O3/c32-29-28-23(15-25(38(28)36-17-35-29)18-8-11-21(40)12-9-18)19-10-13-24(34-16-19)22-7-4-14-37-27(22)26(30(33)41)31(42)39(37)20-5-2-1-3-6-20/h1-3,5-6,10,13,15-18,21-22,40H,4,7-9,11-12,14H2,(H2,33,41)(H2,32,35,36). The van der Waals surface area contributed by atoms with Gasteiger partial charge in [0.1, 0.15) is 17.4 Å². The number of aliphatic hydroxyl groups excluding tert-OH is 1. The summed E-state index contributed by atoms with van der Waals surface area (Å²) in [6.45, 7) is 0.596. The van der Waals surface area contributed by atoms with Crippen LogP contribution in [-0.4, -0.2) is 46.1 Å². The highest BCUT2D eigenvalue weighted by molar-refractivity contribution is 5.94. The number of amides is 1. The molecule has 1 aliphatic carbocycles. The summed E-state index contributed by atoms with van der Waals surface area (Å²) in [5.74, 6) is -0.358. The fourth-order valence-corrected chi connectivity index (χ4v) is 6.81. The molecular weight excluding hydrogens is 532 g/mol. The molecule has 0 bridgehead atoms. The van der Waals surface area contributed by atoms with E-state index >= 15 is 0 Å². The number of aromatic nitrogens is 6. The fraction of sp³-hybridized carbons (Fsp3) is 0.323. The van der Waals surface area contributed by atoms with Gasteiger partial charge in [0.25, 0.3) is 11.5 Å². The molecule has 0 saturated heterocycles. The van der Waals surface area contributed by atoms with Crippen molar-refractivity contribution in [1.29, 1.82) is 0 Å². The number of benzene rings is 1. The molecule has 7 rings (SSSR count). The predicted molar refractivity (Wildman–Crippen MR) is 157 cm³/mol. The number of nitrogens with two attached hydrogens (primary N) is 2. The predicted octanol–water partition coefficient (Wildman–Crippen LogP) is 3.37. The van der Waals surface area contributed by atoms with Crippen LogP contribution in [0.15, 0.2) is 65.8 Å². The lowest BCUT2D eigenvalue weighted by Crippen LogP contribution is -2.26. The monoisotopic (exact) mass is 564 g/mol. The van der Waals surface area contributed by atoms with Gasteiger partial charge < -0.3 is 16.6 Å². The van der Waals surface area contributed by atoms with Crippen LogP contribution in [0.3, 0.4) is 0 Å². The van der Waals surface area contributed by atoms with E-state index < -0.39 is 11.5 Å². The van der Waals surface area contributed by atoms with Gasteiger partial charge in [0.15, 0.2) is 5.82 Å². The summed E-state index contributed by atoms with van der Waals surface area (Å²) in [6.07, 6.45) is 7.85. The molecule has 11 nitrogen and oxygen atoms in total. The number of pyridine rings is 1. The maximum absolute atomic E-state index is 13.5. The number of para-hydroxylation sites is 1. The number of hydrogen-bond acceptors (Lipinski definition) is 7. The third kappa shape index (κ3) is 4.19. The van der Waals surface area contributed by atoms with Crippen molar-refractivity contribution >= 4 is 17.2 Å². The maximum Gasteiger partial charge on any atom is 0.284 e. The van der Waals surface area contributed by atoms with E-state index in [2.05, 4.69) is 16.1 Å². The van der Waals surface area contributed by atoms with Crippen LogP contribution in [0.5, 0.6) is 0 Å². The van der Waals surface area contributed by atoms with Crippen molar-refractivity contribution in [3.63, 3.8) is 0 Å². The first-order valence-corrected chi connectivity index (χ1v) is 14.4. The average Bonchev–Trinajstić information content (AvgIpc) is 3.54. The van der Waals surface area contributed by atoms with E-state index in [1.807, 2.05) is 51.7 Å². The van der Waals surface area contributed by atoms with Crippen LogP contribution in [0.25, 0.3) is 22.3 Å². The van der Waals surface area contributed by atoms with E-state index in [0.717, 1.165) is 66.6 Å². The smallest absolute Gasteiger partial charge is 0.284 e. The fourth-order valence-electron chi connectivity index (χ4n) is 6.81. The van der Waals surface area contributed by atoms with E-state index in [9.17, 15) is 14.7 Å². The second-order valence-electron chi connectivity index (χ2n) is 11.3. The molecule has 1 aromatic carbocycles. The Morgan fingerprint density at radius 1 is 1.00 bits per heavy atom. The van der Waals surface area contributed by atoms with Crippen molar-refractivity contribution in [3.05, 3.63) is 94.1 Å². The number of primary amides is 1. The van der Waals surface area contributed by atoms with Crippen molar-refractivity contribution < 1.29 is 9.90 Å². The Kier molecular flexibility index (Phi) is 6.38. The lowest BCUT2D eigenvalue weighted by atomic mass is 9.85. The van der Waals surface area contributed by atoms with Gasteiger partial charge in [-0.3, -0.25) is 19.3 Å². The first kappa shape index (κ1) is 26.1. The molecule has 1 fully saturated rings.